The zero-order valence-electron chi connectivity index (χ0n) is 32.1. The molecule has 1 aliphatic heterocycles. The quantitative estimate of drug-likeness (QED) is 0.112. The van der Waals surface area contributed by atoms with Gasteiger partial charge in [-0.2, -0.15) is 0 Å². The number of aromatic nitrogens is 2. The van der Waals surface area contributed by atoms with Gasteiger partial charge in [-0.1, -0.05) is 50.4 Å². The third kappa shape index (κ3) is 8.74. The number of rotatable bonds is 13. The Balaban J connectivity index is 1.79. The Morgan fingerprint density at radius 1 is 0.509 bits per heavy atom. The van der Waals surface area contributed by atoms with Gasteiger partial charge in [0.05, 0.1) is 35.5 Å². The number of ether oxygens (including phenoxy) is 4. The van der Waals surface area contributed by atoms with E-state index in [-0.39, 0.29) is 41.5 Å². The molecule has 2 aromatic heterocycles. The molecule has 1 fully saturated rings. The van der Waals surface area contributed by atoms with Crippen molar-refractivity contribution in [3.05, 3.63) is 115 Å². The second-order valence-corrected chi connectivity index (χ2v) is 17.0. The van der Waals surface area contributed by atoms with Crippen LogP contribution in [0.5, 0.6) is 23.0 Å². The molecule has 5 aromatic rings. The van der Waals surface area contributed by atoms with Gasteiger partial charge in [-0.15, -0.1) is 0 Å². The molecule has 0 N–H and O–H groups in total. The van der Waals surface area contributed by atoms with Crippen LogP contribution in [0.25, 0.3) is 22.3 Å². The SMILES string of the molecule is CC(C)Oc1cccc(OC(C)C)c1-c1cccc(-c2c(OC(C)C)cccc2OC(C)C)c1P1C(c2ccccn2)CC(=O)CC1c1ccccn1. The van der Waals surface area contributed by atoms with Crippen molar-refractivity contribution in [2.45, 2.75) is 104 Å². The van der Waals surface area contributed by atoms with Gasteiger partial charge < -0.3 is 18.9 Å². The number of ketones is 1. The van der Waals surface area contributed by atoms with Crippen LogP contribution in [0.3, 0.4) is 0 Å². The van der Waals surface area contributed by atoms with Crippen molar-refractivity contribution < 1.29 is 23.7 Å². The van der Waals surface area contributed by atoms with E-state index in [9.17, 15) is 4.79 Å². The van der Waals surface area contributed by atoms with E-state index in [1.165, 1.54) is 0 Å². The summed E-state index contributed by atoms with van der Waals surface area (Å²) in [6.45, 7) is 16.3. The zero-order valence-corrected chi connectivity index (χ0v) is 33.0. The lowest BCUT2D eigenvalue weighted by atomic mass is 9.96. The monoisotopic (exact) mass is 730 g/mol. The van der Waals surface area contributed by atoms with Crippen LogP contribution in [-0.2, 0) is 4.79 Å². The minimum Gasteiger partial charge on any atom is -0.490 e. The summed E-state index contributed by atoms with van der Waals surface area (Å²) < 4.78 is 26.4. The summed E-state index contributed by atoms with van der Waals surface area (Å²) in [6.07, 6.45) is 4.07. The Labute approximate surface area is 315 Å². The number of hydrogen-bond donors (Lipinski definition) is 0. The second kappa shape index (κ2) is 16.9. The molecule has 1 aliphatic rings. The van der Waals surface area contributed by atoms with Crippen molar-refractivity contribution in [2.75, 3.05) is 0 Å². The third-order valence-corrected chi connectivity index (χ3v) is 12.1. The Bertz CT molecular complexity index is 1800. The van der Waals surface area contributed by atoms with Crippen LogP contribution in [0.1, 0.15) is 90.9 Å². The minimum absolute atomic E-state index is 0.0820. The van der Waals surface area contributed by atoms with Crippen molar-refractivity contribution >= 4 is 19.0 Å². The number of nitrogens with zero attached hydrogens (tertiary/aromatic N) is 2. The first kappa shape index (κ1) is 38.0. The molecule has 0 bridgehead atoms. The van der Waals surface area contributed by atoms with Crippen molar-refractivity contribution in [2.24, 2.45) is 0 Å². The lowest BCUT2D eigenvalue weighted by Gasteiger charge is -2.40. The summed E-state index contributed by atoms with van der Waals surface area (Å²) in [7, 11) is -1.26. The number of carbonyl (C=O) groups excluding carboxylic acids is 1. The molecular weight excluding hydrogens is 679 g/mol. The molecule has 3 heterocycles. The van der Waals surface area contributed by atoms with Gasteiger partial charge in [-0.3, -0.25) is 14.8 Å². The molecule has 0 saturated carbocycles. The number of carbonyl (C=O) groups is 1. The van der Waals surface area contributed by atoms with E-state index >= 15 is 0 Å². The molecule has 2 unspecified atom stereocenters. The molecule has 7 nitrogen and oxygen atoms in total. The van der Waals surface area contributed by atoms with Gasteiger partial charge in [0.2, 0.25) is 0 Å². The first-order valence-corrected chi connectivity index (χ1v) is 20.2. The van der Waals surface area contributed by atoms with Crippen molar-refractivity contribution in [3.63, 3.8) is 0 Å². The molecule has 276 valence electrons. The molecule has 8 heteroatoms. The molecule has 6 rings (SSSR count). The molecule has 0 amide bonds. The predicted molar refractivity (Wildman–Crippen MR) is 215 cm³/mol. The maximum absolute atomic E-state index is 13.9. The van der Waals surface area contributed by atoms with Crippen molar-refractivity contribution in [1.82, 2.24) is 9.97 Å². The highest BCUT2D eigenvalue weighted by Crippen LogP contribution is 2.68. The lowest BCUT2D eigenvalue weighted by Crippen LogP contribution is -2.27. The molecule has 3 aromatic carbocycles. The molecule has 53 heavy (non-hydrogen) atoms. The molecule has 1 saturated heterocycles. The largest absolute Gasteiger partial charge is 0.490 e. The Morgan fingerprint density at radius 2 is 0.868 bits per heavy atom. The maximum Gasteiger partial charge on any atom is 0.134 e. The first-order chi connectivity index (χ1) is 25.5. The number of hydrogen-bond acceptors (Lipinski definition) is 7. The van der Waals surface area contributed by atoms with Gasteiger partial charge >= 0.3 is 0 Å². The topological polar surface area (TPSA) is 79.8 Å². The first-order valence-electron chi connectivity index (χ1n) is 18.7. The van der Waals surface area contributed by atoms with Crippen LogP contribution >= 0.6 is 7.92 Å². The summed E-state index contributed by atoms with van der Waals surface area (Å²) in [5, 5.41) is 1.10. The molecule has 0 aliphatic carbocycles. The number of Topliss-reactive ketones (excluding diaryl/α,β-unsaturated/α-hetero) is 1. The summed E-state index contributed by atoms with van der Waals surface area (Å²) in [6, 6.07) is 30.5. The fourth-order valence-corrected chi connectivity index (χ4v) is 10.7. The normalized spacial score (nSPS) is 17.4. The van der Waals surface area contributed by atoms with E-state index in [1.54, 1.807) is 0 Å². The summed E-state index contributed by atoms with van der Waals surface area (Å²) in [5.41, 5.74) is 5.10. The van der Waals surface area contributed by atoms with Crippen molar-refractivity contribution in [1.29, 1.82) is 0 Å². The molecular formula is C45H51N2O5P. The van der Waals surface area contributed by atoms with E-state index in [4.69, 9.17) is 28.9 Å². The number of benzene rings is 3. The highest BCUT2D eigenvalue weighted by molar-refractivity contribution is 7.67. The van der Waals surface area contributed by atoms with E-state index in [0.717, 1.165) is 61.9 Å². The Morgan fingerprint density at radius 3 is 1.19 bits per heavy atom. The minimum atomic E-state index is -1.26. The lowest BCUT2D eigenvalue weighted by molar-refractivity contribution is -0.119. The standard InChI is InChI=1S/C45H51N2O5P/c1-28(2)49-37-20-14-21-38(50-29(3)4)43(37)33-16-13-17-34(44-39(51-30(5)6)22-15-23-40(44)52-31(7)8)45(33)53-41(35-18-9-11-24-46-35)26-32(48)27-42(53)36-19-10-12-25-47-36/h9-25,28-31,41-42H,26-27H2,1-8H3. The molecule has 2 atom stereocenters. The maximum atomic E-state index is 13.9. The fourth-order valence-electron chi connectivity index (χ4n) is 7.07. The van der Waals surface area contributed by atoms with Gasteiger partial charge in [-0.05, 0) is 120 Å². The molecule has 0 radical (unpaired) electrons. The van der Waals surface area contributed by atoms with Gasteiger partial charge in [0, 0.05) is 47.9 Å². The average Bonchev–Trinajstić information content (AvgIpc) is 3.11. The van der Waals surface area contributed by atoms with Crippen LogP contribution in [0.4, 0.5) is 0 Å². The van der Waals surface area contributed by atoms with E-state index in [2.05, 4.69) is 30.3 Å². The van der Waals surface area contributed by atoms with Crippen LogP contribution in [-0.4, -0.2) is 40.2 Å². The zero-order chi connectivity index (χ0) is 37.6. The summed E-state index contributed by atoms with van der Waals surface area (Å²) in [4.78, 5) is 23.7. The number of pyridine rings is 2. The van der Waals surface area contributed by atoms with Gasteiger partial charge in [0.15, 0.2) is 0 Å². The summed E-state index contributed by atoms with van der Waals surface area (Å²) in [5.74, 6) is 3.12. The van der Waals surface area contributed by atoms with Gasteiger partial charge in [0.1, 0.15) is 28.8 Å². The average molecular weight is 731 g/mol. The van der Waals surface area contributed by atoms with E-state index in [0.29, 0.717) is 12.8 Å². The predicted octanol–water partition coefficient (Wildman–Crippen LogP) is 10.9. The van der Waals surface area contributed by atoms with E-state index < -0.39 is 7.92 Å². The van der Waals surface area contributed by atoms with E-state index in [1.807, 2.05) is 128 Å². The van der Waals surface area contributed by atoms with Crippen LogP contribution in [0, 0.1) is 0 Å². The van der Waals surface area contributed by atoms with Gasteiger partial charge in [-0.25, -0.2) is 0 Å². The molecule has 0 spiro atoms. The highest BCUT2D eigenvalue weighted by Gasteiger charge is 2.43. The second-order valence-electron chi connectivity index (χ2n) is 14.5. The Hall–Kier alpha value is -4.74. The van der Waals surface area contributed by atoms with Crippen LogP contribution in [0.2, 0.25) is 0 Å². The highest BCUT2D eigenvalue weighted by atomic mass is 31.1. The van der Waals surface area contributed by atoms with Gasteiger partial charge in [0.25, 0.3) is 0 Å². The third-order valence-electron chi connectivity index (χ3n) is 8.83. The summed E-state index contributed by atoms with van der Waals surface area (Å²) >= 11 is 0. The van der Waals surface area contributed by atoms with Crippen molar-refractivity contribution in [3.8, 4) is 45.3 Å². The fraction of sp³-hybridized carbons (Fsp3) is 0.356. The Kier molecular flexibility index (Phi) is 12.1. The van der Waals surface area contributed by atoms with Crippen LogP contribution < -0.4 is 24.3 Å². The van der Waals surface area contributed by atoms with Crippen LogP contribution in [0.15, 0.2) is 103 Å². The smallest absolute Gasteiger partial charge is 0.134 e.